The Hall–Kier alpha value is -2.37. The summed E-state index contributed by atoms with van der Waals surface area (Å²) in [7, 11) is 0. The minimum Gasteiger partial charge on any atom is -0.480 e. The van der Waals surface area contributed by atoms with Gasteiger partial charge in [-0.15, -0.1) is 0 Å². The maximum Gasteiger partial charge on any atom is 0.326 e. The molecule has 0 aliphatic carbocycles. The smallest absolute Gasteiger partial charge is 0.326 e. The molecule has 138 valence electrons. The number of benzene rings is 1. The van der Waals surface area contributed by atoms with Crippen LogP contribution < -0.4 is 10.6 Å². The van der Waals surface area contributed by atoms with Crippen molar-refractivity contribution in [3.8, 4) is 0 Å². The molecule has 6 heteroatoms. The van der Waals surface area contributed by atoms with Gasteiger partial charge in [-0.05, 0) is 23.8 Å². The average molecular weight is 348 g/mol. The van der Waals surface area contributed by atoms with Crippen molar-refractivity contribution in [2.45, 2.75) is 59.0 Å². The van der Waals surface area contributed by atoms with Gasteiger partial charge in [-0.25, -0.2) is 4.79 Å². The topological polar surface area (TPSA) is 95.5 Å². The van der Waals surface area contributed by atoms with E-state index in [1.54, 1.807) is 0 Å². The first-order valence-electron chi connectivity index (χ1n) is 8.42. The monoisotopic (exact) mass is 348 g/mol. The Kier molecular flexibility index (Phi) is 7.61. The van der Waals surface area contributed by atoms with E-state index >= 15 is 0 Å². The first-order chi connectivity index (χ1) is 11.6. The van der Waals surface area contributed by atoms with Crippen LogP contribution in [0.3, 0.4) is 0 Å². The highest BCUT2D eigenvalue weighted by molar-refractivity contribution is 5.90. The molecule has 0 aromatic heterocycles. The van der Waals surface area contributed by atoms with Crippen molar-refractivity contribution in [3.05, 3.63) is 35.9 Å². The number of nitrogens with one attached hydrogen (secondary N) is 2. The number of hydrogen-bond acceptors (Lipinski definition) is 3. The number of carbonyl (C=O) groups excluding carboxylic acids is 2. The molecule has 2 atom stereocenters. The summed E-state index contributed by atoms with van der Waals surface area (Å²) < 4.78 is 0. The Labute approximate surface area is 149 Å². The van der Waals surface area contributed by atoms with Crippen molar-refractivity contribution in [1.29, 1.82) is 0 Å². The predicted molar refractivity (Wildman–Crippen MR) is 96.0 cm³/mol. The normalized spacial score (nSPS) is 13.6. The second-order valence-corrected chi connectivity index (χ2v) is 7.44. The van der Waals surface area contributed by atoms with E-state index in [4.69, 9.17) is 0 Å². The lowest BCUT2D eigenvalue weighted by atomic mass is 9.88. The summed E-state index contributed by atoms with van der Waals surface area (Å²) in [5.74, 6) is -1.89. The number of carbonyl (C=O) groups is 3. The largest absolute Gasteiger partial charge is 0.480 e. The van der Waals surface area contributed by atoms with Crippen LogP contribution in [0.5, 0.6) is 0 Å². The number of carboxylic acid groups (broad SMARTS) is 1. The van der Waals surface area contributed by atoms with Crippen LogP contribution in [0.15, 0.2) is 30.3 Å². The van der Waals surface area contributed by atoms with Gasteiger partial charge in [-0.1, -0.05) is 51.1 Å². The summed E-state index contributed by atoms with van der Waals surface area (Å²) in [6, 6.07) is 7.50. The molecule has 0 fully saturated rings. The third kappa shape index (κ3) is 8.33. The lowest BCUT2D eigenvalue weighted by Gasteiger charge is -2.24. The van der Waals surface area contributed by atoms with Gasteiger partial charge in [0.25, 0.3) is 0 Å². The minimum absolute atomic E-state index is 0.0283. The van der Waals surface area contributed by atoms with Crippen LogP contribution in [-0.4, -0.2) is 35.0 Å². The summed E-state index contributed by atoms with van der Waals surface area (Å²) >= 11 is 0. The number of carboxylic acids is 1. The zero-order chi connectivity index (χ0) is 19.0. The Morgan fingerprint density at radius 3 is 2.12 bits per heavy atom. The Morgan fingerprint density at radius 2 is 1.64 bits per heavy atom. The van der Waals surface area contributed by atoms with Crippen molar-refractivity contribution in [2.75, 3.05) is 0 Å². The molecule has 2 amide bonds. The van der Waals surface area contributed by atoms with Crippen molar-refractivity contribution >= 4 is 17.8 Å². The van der Waals surface area contributed by atoms with Crippen LogP contribution in [0.2, 0.25) is 0 Å². The lowest BCUT2D eigenvalue weighted by Crippen LogP contribution is -2.52. The number of amides is 2. The maximum absolute atomic E-state index is 12.5. The molecule has 3 N–H and O–H groups in total. The SMILES string of the molecule is CC(=O)NC(Cc1ccccc1)C(=O)NC(CCC(C)(C)C)C(=O)O. The fraction of sp³-hybridized carbons (Fsp3) is 0.526. The van der Waals surface area contributed by atoms with E-state index in [9.17, 15) is 19.5 Å². The molecular weight excluding hydrogens is 320 g/mol. The number of aliphatic carboxylic acids is 1. The van der Waals surface area contributed by atoms with Crippen molar-refractivity contribution < 1.29 is 19.5 Å². The summed E-state index contributed by atoms with van der Waals surface area (Å²) in [5, 5.41) is 14.5. The van der Waals surface area contributed by atoms with Crippen molar-refractivity contribution in [3.63, 3.8) is 0 Å². The number of hydrogen-bond donors (Lipinski definition) is 3. The second kappa shape index (κ2) is 9.20. The number of rotatable bonds is 8. The third-order valence-corrected chi connectivity index (χ3v) is 3.77. The first kappa shape index (κ1) is 20.7. The standard InChI is InChI=1S/C19H28N2O4/c1-13(22)20-16(12-14-8-6-5-7-9-14)17(23)21-15(18(24)25)10-11-19(2,3)4/h5-9,15-16H,10-12H2,1-4H3,(H,20,22)(H,21,23)(H,24,25). The summed E-state index contributed by atoms with van der Waals surface area (Å²) in [6.45, 7) is 7.38. The summed E-state index contributed by atoms with van der Waals surface area (Å²) in [4.78, 5) is 35.4. The van der Waals surface area contributed by atoms with Gasteiger partial charge in [0, 0.05) is 13.3 Å². The molecule has 0 saturated heterocycles. The van der Waals surface area contributed by atoms with E-state index in [2.05, 4.69) is 10.6 Å². The fourth-order valence-electron chi connectivity index (χ4n) is 2.41. The van der Waals surface area contributed by atoms with Crippen LogP contribution in [0.25, 0.3) is 0 Å². The third-order valence-electron chi connectivity index (χ3n) is 3.77. The lowest BCUT2D eigenvalue weighted by molar-refractivity contribution is -0.142. The summed E-state index contributed by atoms with van der Waals surface area (Å²) in [5.41, 5.74) is 0.859. The molecule has 0 aliphatic rings. The van der Waals surface area contributed by atoms with Gasteiger partial charge in [0.2, 0.25) is 11.8 Å². The Bertz CT molecular complexity index is 593. The predicted octanol–water partition coefficient (Wildman–Crippen LogP) is 2.13. The van der Waals surface area contributed by atoms with Gasteiger partial charge < -0.3 is 15.7 Å². The van der Waals surface area contributed by atoms with Crippen molar-refractivity contribution in [1.82, 2.24) is 10.6 Å². The minimum atomic E-state index is -1.07. The highest BCUT2D eigenvalue weighted by atomic mass is 16.4. The van der Waals surface area contributed by atoms with Gasteiger partial charge in [-0.3, -0.25) is 9.59 Å². The summed E-state index contributed by atoms with van der Waals surface area (Å²) in [6.07, 6.45) is 1.30. The fourth-order valence-corrected chi connectivity index (χ4v) is 2.41. The quantitative estimate of drug-likeness (QED) is 0.670. The highest BCUT2D eigenvalue weighted by Gasteiger charge is 2.27. The van der Waals surface area contributed by atoms with E-state index in [1.807, 2.05) is 51.1 Å². The first-order valence-corrected chi connectivity index (χ1v) is 8.42. The van der Waals surface area contributed by atoms with Gasteiger partial charge in [0.15, 0.2) is 0 Å². The molecule has 1 aromatic rings. The van der Waals surface area contributed by atoms with E-state index in [1.165, 1.54) is 6.92 Å². The molecule has 1 aromatic carbocycles. The molecule has 25 heavy (non-hydrogen) atoms. The Balaban J connectivity index is 2.80. The van der Waals surface area contributed by atoms with Gasteiger partial charge in [-0.2, -0.15) is 0 Å². The van der Waals surface area contributed by atoms with Crippen LogP contribution in [0.4, 0.5) is 0 Å². The molecule has 0 saturated carbocycles. The van der Waals surface area contributed by atoms with E-state index < -0.39 is 24.0 Å². The molecule has 0 heterocycles. The van der Waals surface area contributed by atoms with E-state index in [0.29, 0.717) is 19.3 Å². The van der Waals surface area contributed by atoms with Gasteiger partial charge in [0.1, 0.15) is 12.1 Å². The molecule has 1 rings (SSSR count). The molecule has 0 spiro atoms. The Morgan fingerprint density at radius 1 is 1.04 bits per heavy atom. The van der Waals surface area contributed by atoms with E-state index in [0.717, 1.165) is 5.56 Å². The van der Waals surface area contributed by atoms with Crippen LogP contribution in [-0.2, 0) is 20.8 Å². The second-order valence-electron chi connectivity index (χ2n) is 7.44. The van der Waals surface area contributed by atoms with Crippen LogP contribution in [0, 0.1) is 5.41 Å². The average Bonchev–Trinajstić information content (AvgIpc) is 2.50. The van der Waals surface area contributed by atoms with Crippen LogP contribution >= 0.6 is 0 Å². The molecule has 0 bridgehead atoms. The van der Waals surface area contributed by atoms with Crippen LogP contribution in [0.1, 0.15) is 46.1 Å². The molecular formula is C19H28N2O4. The molecule has 2 unspecified atom stereocenters. The van der Waals surface area contributed by atoms with Gasteiger partial charge >= 0.3 is 5.97 Å². The van der Waals surface area contributed by atoms with Gasteiger partial charge in [0.05, 0.1) is 0 Å². The zero-order valence-corrected chi connectivity index (χ0v) is 15.3. The molecule has 6 nitrogen and oxygen atoms in total. The van der Waals surface area contributed by atoms with E-state index in [-0.39, 0.29) is 11.3 Å². The maximum atomic E-state index is 12.5. The molecule has 0 radical (unpaired) electrons. The van der Waals surface area contributed by atoms with Crippen molar-refractivity contribution in [2.24, 2.45) is 5.41 Å². The molecule has 0 aliphatic heterocycles. The highest BCUT2D eigenvalue weighted by Crippen LogP contribution is 2.21. The zero-order valence-electron chi connectivity index (χ0n) is 15.3.